The van der Waals surface area contributed by atoms with Crippen LogP contribution in [0.1, 0.15) is 12.5 Å². The highest BCUT2D eigenvalue weighted by Gasteiger charge is 1.95. The van der Waals surface area contributed by atoms with Gasteiger partial charge in [-0.05, 0) is 35.7 Å². The molecule has 0 unspecified atom stereocenters. The summed E-state index contributed by atoms with van der Waals surface area (Å²) in [5.74, 6) is 0. The van der Waals surface area contributed by atoms with Gasteiger partial charge in [0.2, 0.25) is 0 Å². The second kappa shape index (κ2) is 4.72. The topological polar surface area (TPSA) is 26.0 Å². The maximum Gasteiger partial charge on any atom is 0.00512 e. The van der Waals surface area contributed by atoms with Crippen LogP contribution in [0.25, 0.3) is 0 Å². The minimum atomic E-state index is 0. The third kappa shape index (κ3) is 3.20. The lowest BCUT2D eigenvalue weighted by molar-refractivity contribution is 0.740. The van der Waals surface area contributed by atoms with Gasteiger partial charge in [-0.2, -0.15) is 11.3 Å². The van der Waals surface area contributed by atoms with Crippen LogP contribution in [0.2, 0.25) is 0 Å². The Kier molecular flexibility index (Phi) is 4.69. The second-order valence-corrected chi connectivity index (χ2v) is 3.09. The third-order valence-corrected chi connectivity index (χ3v) is 1.87. The summed E-state index contributed by atoms with van der Waals surface area (Å²) in [5.41, 5.74) is 6.94. The van der Waals surface area contributed by atoms with Crippen molar-refractivity contribution in [3.8, 4) is 0 Å². The molecular weight excluding hydrogens is 166 g/mol. The van der Waals surface area contributed by atoms with Crippen molar-refractivity contribution in [2.45, 2.75) is 19.4 Å². The molecule has 0 aliphatic rings. The van der Waals surface area contributed by atoms with Crippen LogP contribution >= 0.6 is 23.7 Å². The Bertz CT molecular complexity index is 160. The van der Waals surface area contributed by atoms with Crippen molar-refractivity contribution in [2.24, 2.45) is 5.73 Å². The fraction of sp³-hybridized carbons (Fsp3) is 0.429. The van der Waals surface area contributed by atoms with Crippen molar-refractivity contribution in [1.29, 1.82) is 0 Å². The zero-order valence-corrected chi connectivity index (χ0v) is 7.54. The van der Waals surface area contributed by atoms with E-state index < -0.39 is 0 Å². The predicted molar refractivity (Wildman–Crippen MR) is 48.9 cm³/mol. The van der Waals surface area contributed by atoms with Gasteiger partial charge in [0.15, 0.2) is 0 Å². The molecule has 0 amide bonds. The summed E-state index contributed by atoms with van der Waals surface area (Å²) in [4.78, 5) is 0. The van der Waals surface area contributed by atoms with Gasteiger partial charge in [0.25, 0.3) is 0 Å². The van der Waals surface area contributed by atoms with E-state index in [1.54, 1.807) is 11.3 Å². The van der Waals surface area contributed by atoms with E-state index in [2.05, 4.69) is 16.8 Å². The summed E-state index contributed by atoms with van der Waals surface area (Å²) in [6, 6.07) is 2.41. The quantitative estimate of drug-likeness (QED) is 0.736. The van der Waals surface area contributed by atoms with Gasteiger partial charge in [0.1, 0.15) is 0 Å². The number of rotatable bonds is 2. The van der Waals surface area contributed by atoms with E-state index in [4.69, 9.17) is 5.73 Å². The van der Waals surface area contributed by atoms with Crippen molar-refractivity contribution >= 4 is 23.7 Å². The Labute approximate surface area is 71.7 Å². The largest absolute Gasteiger partial charge is 0.328 e. The number of nitrogens with two attached hydrogens (primary N) is 1. The molecular formula is C7H12ClNS. The lowest BCUT2D eigenvalue weighted by atomic mass is 10.1. The van der Waals surface area contributed by atoms with Gasteiger partial charge in [-0.3, -0.25) is 0 Å². The molecule has 0 spiro atoms. The van der Waals surface area contributed by atoms with Crippen molar-refractivity contribution in [3.63, 3.8) is 0 Å². The first-order valence-corrected chi connectivity index (χ1v) is 4.00. The minimum Gasteiger partial charge on any atom is -0.328 e. The van der Waals surface area contributed by atoms with Crippen LogP contribution < -0.4 is 5.73 Å². The van der Waals surface area contributed by atoms with Crippen LogP contribution in [-0.4, -0.2) is 6.04 Å². The Morgan fingerprint density at radius 3 is 2.80 bits per heavy atom. The first-order chi connectivity index (χ1) is 4.29. The van der Waals surface area contributed by atoms with Gasteiger partial charge in [-0.15, -0.1) is 12.4 Å². The van der Waals surface area contributed by atoms with E-state index in [1.807, 2.05) is 6.92 Å². The normalized spacial score (nSPS) is 12.2. The van der Waals surface area contributed by atoms with Gasteiger partial charge in [0.05, 0.1) is 0 Å². The molecule has 0 saturated carbocycles. The smallest absolute Gasteiger partial charge is 0.00512 e. The van der Waals surface area contributed by atoms with E-state index in [0.717, 1.165) is 6.42 Å². The monoisotopic (exact) mass is 177 g/mol. The van der Waals surface area contributed by atoms with Gasteiger partial charge in [0, 0.05) is 6.04 Å². The lowest BCUT2D eigenvalue weighted by Gasteiger charge is -1.99. The zero-order valence-electron chi connectivity index (χ0n) is 5.91. The van der Waals surface area contributed by atoms with Gasteiger partial charge >= 0.3 is 0 Å². The molecule has 10 heavy (non-hydrogen) atoms. The van der Waals surface area contributed by atoms with Gasteiger partial charge in [-0.25, -0.2) is 0 Å². The predicted octanol–water partition coefficient (Wildman–Crippen LogP) is 2.06. The van der Waals surface area contributed by atoms with Gasteiger partial charge < -0.3 is 5.73 Å². The first-order valence-electron chi connectivity index (χ1n) is 3.05. The molecule has 1 nitrogen and oxygen atoms in total. The molecule has 0 aliphatic carbocycles. The molecule has 58 valence electrons. The Morgan fingerprint density at radius 2 is 2.40 bits per heavy atom. The molecule has 1 atom stereocenters. The molecule has 0 aromatic carbocycles. The molecule has 3 heteroatoms. The second-order valence-electron chi connectivity index (χ2n) is 2.31. The molecule has 2 N–H and O–H groups in total. The zero-order chi connectivity index (χ0) is 6.69. The highest BCUT2D eigenvalue weighted by Crippen LogP contribution is 2.07. The Hall–Kier alpha value is -0.0500. The minimum absolute atomic E-state index is 0. The van der Waals surface area contributed by atoms with Crippen LogP contribution in [0.3, 0.4) is 0 Å². The molecule has 0 saturated heterocycles. The molecule has 1 aromatic heterocycles. The van der Waals surface area contributed by atoms with Crippen LogP contribution in [0, 0.1) is 0 Å². The molecule has 0 fully saturated rings. The van der Waals surface area contributed by atoms with E-state index in [-0.39, 0.29) is 12.4 Å². The van der Waals surface area contributed by atoms with E-state index in [9.17, 15) is 0 Å². The van der Waals surface area contributed by atoms with Crippen molar-refractivity contribution < 1.29 is 0 Å². The van der Waals surface area contributed by atoms with Crippen LogP contribution in [-0.2, 0) is 6.42 Å². The van der Waals surface area contributed by atoms with Crippen molar-refractivity contribution in [2.75, 3.05) is 0 Å². The number of thiophene rings is 1. The van der Waals surface area contributed by atoms with Crippen molar-refractivity contribution in [3.05, 3.63) is 22.4 Å². The molecule has 0 aliphatic heterocycles. The highest BCUT2D eigenvalue weighted by molar-refractivity contribution is 7.07. The van der Waals surface area contributed by atoms with E-state index >= 15 is 0 Å². The molecule has 0 radical (unpaired) electrons. The lowest BCUT2D eigenvalue weighted by Crippen LogP contribution is -2.17. The standard InChI is InChI=1S/C7H11NS.ClH/c1-6(8)4-7-2-3-9-5-7;/h2-3,5-6H,4,8H2,1H3;1H/t6-;/m1./s1. The summed E-state index contributed by atoms with van der Waals surface area (Å²) >= 11 is 1.73. The SMILES string of the molecule is C[C@@H](N)Cc1ccsc1.Cl. The maximum atomic E-state index is 5.59. The van der Waals surface area contributed by atoms with Crippen LogP contribution in [0.5, 0.6) is 0 Å². The van der Waals surface area contributed by atoms with Crippen LogP contribution in [0.15, 0.2) is 16.8 Å². The summed E-state index contributed by atoms with van der Waals surface area (Å²) in [5, 5.41) is 4.22. The Morgan fingerprint density at radius 1 is 1.70 bits per heavy atom. The third-order valence-electron chi connectivity index (χ3n) is 1.14. The average molecular weight is 178 g/mol. The molecule has 0 bridgehead atoms. The summed E-state index contributed by atoms with van der Waals surface area (Å²) in [6.07, 6.45) is 1.00. The average Bonchev–Trinajstić information content (AvgIpc) is 2.15. The molecule has 1 heterocycles. The maximum absolute atomic E-state index is 5.59. The summed E-state index contributed by atoms with van der Waals surface area (Å²) in [7, 11) is 0. The van der Waals surface area contributed by atoms with E-state index in [1.165, 1.54) is 5.56 Å². The molecule has 1 aromatic rings. The van der Waals surface area contributed by atoms with E-state index in [0.29, 0.717) is 6.04 Å². The summed E-state index contributed by atoms with van der Waals surface area (Å²) in [6.45, 7) is 2.03. The fourth-order valence-electron chi connectivity index (χ4n) is 0.781. The first kappa shape index (κ1) is 9.95. The number of hydrogen-bond acceptors (Lipinski definition) is 2. The highest BCUT2D eigenvalue weighted by atomic mass is 35.5. The fourth-order valence-corrected chi connectivity index (χ4v) is 1.46. The summed E-state index contributed by atoms with van der Waals surface area (Å²) < 4.78 is 0. The number of hydrogen-bond donors (Lipinski definition) is 1. The van der Waals surface area contributed by atoms with Crippen LogP contribution in [0.4, 0.5) is 0 Å². The van der Waals surface area contributed by atoms with Crippen molar-refractivity contribution in [1.82, 2.24) is 0 Å². The van der Waals surface area contributed by atoms with Gasteiger partial charge in [-0.1, -0.05) is 0 Å². The number of halogens is 1. The molecule has 1 rings (SSSR count). The Balaban J connectivity index is 0.000000810.